The first-order valence-electron chi connectivity index (χ1n) is 9.14. The lowest BCUT2D eigenvalue weighted by Crippen LogP contribution is -2.19. The minimum atomic E-state index is -4.94. The molecule has 3 rings (SSSR count). The highest BCUT2D eigenvalue weighted by molar-refractivity contribution is 7.84. The van der Waals surface area contributed by atoms with Crippen molar-refractivity contribution in [2.24, 2.45) is 5.73 Å². The Morgan fingerprint density at radius 2 is 1.62 bits per heavy atom. The Balaban J connectivity index is 2.15. The quantitative estimate of drug-likeness (QED) is 0.461. The van der Waals surface area contributed by atoms with Crippen LogP contribution in [0.15, 0.2) is 59.6 Å². The van der Waals surface area contributed by atoms with E-state index in [0.717, 1.165) is 24.3 Å². The molecule has 0 fully saturated rings. The number of nitrogens with two attached hydrogens (primary N) is 1. The first kappa shape index (κ1) is 25.0. The zero-order chi connectivity index (χ0) is 25.3. The van der Waals surface area contributed by atoms with E-state index in [4.69, 9.17) is 10.5 Å². The summed E-state index contributed by atoms with van der Waals surface area (Å²) in [7, 11) is -1.54. The molecule has 6 nitrogen and oxygen atoms in total. The summed E-state index contributed by atoms with van der Waals surface area (Å²) >= 11 is 0. The predicted molar refractivity (Wildman–Crippen MR) is 109 cm³/mol. The zero-order valence-electron chi connectivity index (χ0n) is 17.0. The number of benzene rings is 2. The van der Waals surface area contributed by atoms with Gasteiger partial charge < -0.3 is 15.2 Å². The van der Waals surface area contributed by atoms with Crippen LogP contribution >= 0.6 is 0 Å². The molecular formula is C21H14F6N2O4S. The molecule has 1 atom stereocenters. The number of primary amides is 1. The van der Waals surface area contributed by atoms with Gasteiger partial charge in [-0.25, -0.2) is 4.98 Å². The number of hydrogen-bond donors (Lipinski definition) is 1. The molecule has 1 unspecified atom stereocenters. The van der Waals surface area contributed by atoms with Gasteiger partial charge in [0.1, 0.15) is 17.1 Å². The lowest BCUT2D eigenvalue weighted by atomic mass is 9.95. The van der Waals surface area contributed by atoms with Gasteiger partial charge in [-0.3, -0.25) is 9.00 Å². The fourth-order valence-electron chi connectivity index (χ4n) is 2.97. The molecule has 0 spiro atoms. The summed E-state index contributed by atoms with van der Waals surface area (Å²) < 4.78 is 99.2. The molecule has 2 aromatic carbocycles. The zero-order valence-corrected chi connectivity index (χ0v) is 17.8. The average Bonchev–Trinajstić information content (AvgIpc) is 2.72. The van der Waals surface area contributed by atoms with Gasteiger partial charge >= 0.3 is 12.5 Å². The van der Waals surface area contributed by atoms with Crippen LogP contribution in [0, 0.1) is 0 Å². The number of rotatable bonds is 6. The van der Waals surface area contributed by atoms with Gasteiger partial charge in [0, 0.05) is 33.7 Å². The van der Waals surface area contributed by atoms with E-state index in [9.17, 15) is 35.3 Å². The summed E-state index contributed by atoms with van der Waals surface area (Å²) in [6.07, 6.45) is -8.11. The van der Waals surface area contributed by atoms with Crippen LogP contribution in [0.2, 0.25) is 0 Å². The number of halogens is 6. The van der Waals surface area contributed by atoms with E-state index in [1.54, 1.807) is 0 Å². The van der Waals surface area contributed by atoms with Gasteiger partial charge in [0.2, 0.25) is 5.88 Å². The van der Waals surface area contributed by atoms with E-state index in [1.807, 2.05) is 0 Å². The topological polar surface area (TPSA) is 91.5 Å². The van der Waals surface area contributed by atoms with Crippen molar-refractivity contribution in [3.05, 3.63) is 65.9 Å². The summed E-state index contributed by atoms with van der Waals surface area (Å²) in [5.41, 5.74) is 2.61. The van der Waals surface area contributed by atoms with Crippen LogP contribution in [0.25, 0.3) is 11.1 Å². The minimum absolute atomic E-state index is 0.116. The van der Waals surface area contributed by atoms with E-state index in [2.05, 4.69) is 9.72 Å². The highest BCUT2D eigenvalue weighted by Crippen LogP contribution is 2.42. The standard InChI is InChI=1S/C21H14F6N2O4S/c1-34(31)14-4-2-3-11(9-14)16-15(20(22,23)24)10-29-19(17(16)18(28)30)32-12-5-7-13(8-6-12)33-21(25,26)27/h2-10H,1H3,(H2,28,30). The molecule has 1 heterocycles. The van der Waals surface area contributed by atoms with Crippen molar-refractivity contribution in [1.29, 1.82) is 0 Å². The maximum absolute atomic E-state index is 13.8. The number of carbonyl (C=O) groups is 1. The number of aromatic nitrogens is 1. The van der Waals surface area contributed by atoms with Gasteiger partial charge in [0.25, 0.3) is 5.91 Å². The third-order valence-corrected chi connectivity index (χ3v) is 5.24. The van der Waals surface area contributed by atoms with Crippen molar-refractivity contribution in [3.63, 3.8) is 0 Å². The van der Waals surface area contributed by atoms with Crippen molar-refractivity contribution in [3.8, 4) is 28.5 Å². The monoisotopic (exact) mass is 504 g/mol. The number of hydrogen-bond acceptors (Lipinski definition) is 5. The molecule has 1 amide bonds. The predicted octanol–water partition coefficient (Wildman–Crippen LogP) is 5.29. The maximum Gasteiger partial charge on any atom is 0.573 e. The van der Waals surface area contributed by atoms with Crippen LogP contribution in [0.5, 0.6) is 17.4 Å². The minimum Gasteiger partial charge on any atom is -0.438 e. The molecule has 0 aliphatic heterocycles. The number of ether oxygens (including phenoxy) is 2. The smallest absolute Gasteiger partial charge is 0.438 e. The Hall–Kier alpha value is -3.61. The maximum atomic E-state index is 13.8. The van der Waals surface area contributed by atoms with Crippen molar-refractivity contribution in [1.82, 2.24) is 4.98 Å². The van der Waals surface area contributed by atoms with Gasteiger partial charge in [-0.2, -0.15) is 13.2 Å². The molecule has 13 heteroatoms. The summed E-state index contributed by atoms with van der Waals surface area (Å²) in [4.78, 5) is 16.0. The average molecular weight is 504 g/mol. The first-order chi connectivity index (χ1) is 15.8. The van der Waals surface area contributed by atoms with Crippen molar-refractivity contribution >= 4 is 16.7 Å². The molecule has 180 valence electrons. The number of nitrogens with zero attached hydrogens (tertiary/aromatic N) is 1. The first-order valence-corrected chi connectivity index (χ1v) is 10.7. The Morgan fingerprint density at radius 3 is 2.15 bits per heavy atom. The van der Waals surface area contributed by atoms with E-state index in [1.165, 1.54) is 30.5 Å². The third-order valence-electron chi connectivity index (χ3n) is 4.32. The second kappa shape index (κ2) is 9.33. The van der Waals surface area contributed by atoms with Gasteiger partial charge in [0.05, 0.1) is 5.56 Å². The fourth-order valence-corrected chi connectivity index (χ4v) is 3.53. The lowest BCUT2D eigenvalue weighted by molar-refractivity contribution is -0.274. The second-order valence-electron chi connectivity index (χ2n) is 6.69. The van der Waals surface area contributed by atoms with E-state index in [0.29, 0.717) is 6.20 Å². The summed E-state index contributed by atoms with van der Waals surface area (Å²) in [6, 6.07) is 9.13. The Labute approximate surface area is 190 Å². The van der Waals surface area contributed by atoms with Crippen molar-refractivity contribution < 1.29 is 44.8 Å². The molecule has 1 aromatic heterocycles. The van der Waals surface area contributed by atoms with E-state index < -0.39 is 57.6 Å². The summed E-state index contributed by atoms with van der Waals surface area (Å²) in [5.74, 6) is -2.63. The second-order valence-corrected chi connectivity index (χ2v) is 8.07. The van der Waals surface area contributed by atoms with Crippen LogP contribution < -0.4 is 15.2 Å². The van der Waals surface area contributed by atoms with Crippen LogP contribution in [-0.2, 0) is 17.0 Å². The number of amides is 1. The summed E-state index contributed by atoms with van der Waals surface area (Å²) in [6.45, 7) is 0. The number of pyridine rings is 1. The molecule has 3 aromatic rings. The molecule has 0 bridgehead atoms. The Kier molecular flexibility index (Phi) is 6.87. The molecule has 34 heavy (non-hydrogen) atoms. The van der Waals surface area contributed by atoms with Gasteiger partial charge in [-0.05, 0) is 42.0 Å². The molecule has 2 N–H and O–H groups in total. The van der Waals surface area contributed by atoms with Crippen LogP contribution in [0.3, 0.4) is 0 Å². The lowest BCUT2D eigenvalue weighted by Gasteiger charge is -2.18. The van der Waals surface area contributed by atoms with Crippen LogP contribution in [0.4, 0.5) is 26.3 Å². The SMILES string of the molecule is CS(=O)c1cccc(-c2c(C(F)(F)F)cnc(Oc3ccc(OC(F)(F)F)cc3)c2C(N)=O)c1. The highest BCUT2D eigenvalue weighted by atomic mass is 32.2. The molecule has 0 aliphatic carbocycles. The molecule has 0 aliphatic rings. The summed E-state index contributed by atoms with van der Waals surface area (Å²) in [5, 5.41) is 0. The Morgan fingerprint density at radius 1 is 1.00 bits per heavy atom. The van der Waals surface area contributed by atoms with Crippen molar-refractivity contribution in [2.45, 2.75) is 17.4 Å². The largest absolute Gasteiger partial charge is 0.573 e. The van der Waals surface area contributed by atoms with Gasteiger partial charge in [-0.1, -0.05) is 12.1 Å². The van der Waals surface area contributed by atoms with Gasteiger partial charge in [0.15, 0.2) is 0 Å². The molecule has 0 saturated carbocycles. The van der Waals surface area contributed by atoms with Crippen LogP contribution in [-0.4, -0.2) is 27.7 Å². The fraction of sp³-hybridized carbons (Fsp3) is 0.143. The molecule has 0 radical (unpaired) electrons. The molecular weight excluding hydrogens is 490 g/mol. The highest BCUT2D eigenvalue weighted by Gasteiger charge is 2.38. The third kappa shape index (κ3) is 5.84. The number of alkyl halides is 6. The molecule has 0 saturated heterocycles. The number of carbonyl (C=O) groups excluding carboxylic acids is 1. The normalized spacial score (nSPS) is 12.8. The van der Waals surface area contributed by atoms with E-state index >= 15 is 0 Å². The van der Waals surface area contributed by atoms with Crippen molar-refractivity contribution in [2.75, 3.05) is 6.26 Å². The van der Waals surface area contributed by atoms with E-state index in [-0.39, 0.29) is 16.2 Å². The van der Waals surface area contributed by atoms with Crippen LogP contribution in [0.1, 0.15) is 15.9 Å². The Bertz CT molecular complexity index is 1240. The van der Waals surface area contributed by atoms with Gasteiger partial charge in [-0.15, -0.1) is 13.2 Å².